The molecule has 1 aliphatic rings. The number of unbranched alkanes of at least 4 members (excludes halogenated alkanes) is 11. The number of hydrogen-bond acceptors (Lipinski definition) is 5. The molecule has 0 saturated heterocycles. The number of amides is 1. The zero-order chi connectivity index (χ0) is 28.4. The molecule has 8 heteroatoms. The molecule has 0 atom stereocenters. The van der Waals surface area contributed by atoms with E-state index in [0.717, 1.165) is 24.5 Å². The van der Waals surface area contributed by atoms with Crippen LogP contribution in [0.15, 0.2) is 53.6 Å². The first-order valence-corrected chi connectivity index (χ1v) is 16.4. The van der Waals surface area contributed by atoms with E-state index in [9.17, 15) is 4.79 Å². The highest BCUT2D eigenvalue weighted by atomic mass is 79.9. The molecule has 1 aliphatic heterocycles. The van der Waals surface area contributed by atoms with Crippen LogP contribution in [0.3, 0.4) is 0 Å². The topological polar surface area (TPSA) is 50.8 Å². The van der Waals surface area contributed by atoms with Crippen LogP contribution in [0.4, 0.5) is 5.69 Å². The van der Waals surface area contributed by atoms with Gasteiger partial charge >= 0.3 is 0 Å². The predicted molar refractivity (Wildman–Crippen MR) is 181 cm³/mol. The van der Waals surface area contributed by atoms with Crippen LogP contribution in [0, 0.1) is 0 Å². The van der Waals surface area contributed by atoms with Crippen LogP contribution in [0.1, 0.15) is 96.5 Å². The van der Waals surface area contributed by atoms with Crippen molar-refractivity contribution in [2.45, 2.75) is 97.4 Å². The van der Waals surface area contributed by atoms with Gasteiger partial charge in [-0.1, -0.05) is 101 Å². The first kappa shape index (κ1) is 35.4. The highest BCUT2D eigenvalue weighted by molar-refractivity contribution is 8.93. The van der Waals surface area contributed by atoms with Gasteiger partial charge in [0.15, 0.2) is 6.61 Å². The first-order chi connectivity index (χ1) is 19.5. The lowest BCUT2D eigenvalue weighted by molar-refractivity contribution is -0.118. The molecule has 0 radical (unpaired) electrons. The molecule has 0 aromatic heterocycles. The smallest absolute Gasteiger partial charge is 0.262 e. The normalized spacial score (nSPS) is 12.6. The van der Waals surface area contributed by atoms with Gasteiger partial charge in [0, 0.05) is 24.5 Å². The Kier molecular flexibility index (Phi) is 18.1. The van der Waals surface area contributed by atoms with E-state index < -0.39 is 0 Å². The number of hydrogen-bond donors (Lipinski definition) is 1. The molecule has 0 spiro atoms. The minimum atomic E-state index is -0.212. The van der Waals surface area contributed by atoms with Gasteiger partial charge in [-0.05, 0) is 48.1 Å². The van der Waals surface area contributed by atoms with Gasteiger partial charge < -0.3 is 19.7 Å². The maximum Gasteiger partial charge on any atom is 0.262 e. The van der Waals surface area contributed by atoms with Crippen LogP contribution in [0.25, 0.3) is 0 Å². The summed E-state index contributed by atoms with van der Waals surface area (Å²) >= 11 is 8.18. The summed E-state index contributed by atoms with van der Waals surface area (Å²) in [5.41, 5.74) is 1.96. The second-order valence-corrected chi connectivity index (χ2v) is 12.2. The Morgan fingerprint density at radius 1 is 0.902 bits per heavy atom. The van der Waals surface area contributed by atoms with E-state index in [-0.39, 0.29) is 29.5 Å². The molecule has 3 rings (SSSR count). The minimum Gasteiger partial charge on any atom is -0.492 e. The Bertz CT molecular complexity index is 1050. The van der Waals surface area contributed by atoms with Crippen molar-refractivity contribution in [1.82, 2.24) is 4.90 Å². The van der Waals surface area contributed by atoms with Gasteiger partial charge in [-0.25, -0.2) is 0 Å². The Labute approximate surface area is 267 Å². The van der Waals surface area contributed by atoms with Crippen LogP contribution in [-0.4, -0.2) is 29.9 Å². The molecule has 0 fully saturated rings. The van der Waals surface area contributed by atoms with Gasteiger partial charge in [0.05, 0.1) is 17.5 Å². The lowest BCUT2D eigenvalue weighted by Crippen LogP contribution is -2.20. The quantitative estimate of drug-likeness (QED) is 0.142. The van der Waals surface area contributed by atoms with Crippen molar-refractivity contribution >= 4 is 51.9 Å². The number of benzene rings is 2. The molecule has 5 nitrogen and oxygen atoms in total. The highest BCUT2D eigenvalue weighted by Gasteiger charge is 2.11. The molecular weight excluding hydrogens is 620 g/mol. The summed E-state index contributed by atoms with van der Waals surface area (Å²) in [6, 6.07) is 13.2. The molecule has 41 heavy (non-hydrogen) atoms. The Morgan fingerprint density at radius 3 is 2.15 bits per heavy atom. The van der Waals surface area contributed by atoms with E-state index in [1.165, 1.54) is 81.1 Å². The molecule has 1 N–H and O–H groups in total. The van der Waals surface area contributed by atoms with Gasteiger partial charge in [0.1, 0.15) is 11.5 Å². The Morgan fingerprint density at radius 2 is 1.54 bits per heavy atom. The lowest BCUT2D eigenvalue weighted by atomic mass is 10.1. The molecule has 0 unspecified atom stereocenters. The number of halogens is 2. The fourth-order valence-electron chi connectivity index (χ4n) is 4.69. The van der Waals surface area contributed by atoms with E-state index in [0.29, 0.717) is 23.1 Å². The summed E-state index contributed by atoms with van der Waals surface area (Å²) in [5.74, 6) is 1.93. The zero-order valence-electron chi connectivity index (χ0n) is 24.8. The van der Waals surface area contributed by atoms with Gasteiger partial charge in [-0.2, -0.15) is 0 Å². The van der Waals surface area contributed by atoms with Crippen molar-refractivity contribution in [2.75, 3.05) is 24.4 Å². The number of nitrogens with one attached hydrogen (secondary N) is 1. The number of carbonyl (C=O) groups excluding carboxylic acids is 1. The fraction of sp³-hybridized carbons (Fsp3) is 0.545. The minimum absolute atomic E-state index is 0. The third kappa shape index (κ3) is 14.8. The second kappa shape index (κ2) is 21.0. The number of thioether (sulfide) groups is 1. The fourth-order valence-corrected chi connectivity index (χ4v) is 5.62. The van der Waals surface area contributed by atoms with E-state index in [4.69, 9.17) is 21.1 Å². The number of anilines is 1. The van der Waals surface area contributed by atoms with Gasteiger partial charge in [-0.15, -0.1) is 28.7 Å². The first-order valence-electron chi connectivity index (χ1n) is 15.0. The summed E-state index contributed by atoms with van der Waals surface area (Å²) in [7, 11) is 0. The van der Waals surface area contributed by atoms with Gasteiger partial charge in [-0.3, -0.25) is 4.79 Å². The number of nitrogens with zero attached hydrogens (tertiary/aromatic N) is 1. The average Bonchev–Trinajstić information content (AvgIpc) is 3.36. The van der Waals surface area contributed by atoms with Crippen LogP contribution >= 0.6 is 40.3 Å². The average molecular weight is 668 g/mol. The molecule has 0 bridgehead atoms. The van der Waals surface area contributed by atoms with Crippen molar-refractivity contribution in [3.63, 3.8) is 0 Å². The van der Waals surface area contributed by atoms with Crippen molar-refractivity contribution in [3.05, 3.63) is 64.2 Å². The van der Waals surface area contributed by atoms with Crippen LogP contribution in [-0.2, 0) is 11.3 Å². The maximum absolute atomic E-state index is 12.4. The van der Waals surface area contributed by atoms with Crippen molar-refractivity contribution in [2.24, 2.45) is 0 Å². The monoisotopic (exact) mass is 666 g/mol. The van der Waals surface area contributed by atoms with E-state index in [1.54, 1.807) is 18.2 Å². The number of carbonyl (C=O) groups is 1. The third-order valence-electron chi connectivity index (χ3n) is 6.97. The van der Waals surface area contributed by atoms with E-state index in [2.05, 4.69) is 30.3 Å². The Hall–Kier alpha value is -1.83. The summed E-state index contributed by atoms with van der Waals surface area (Å²) in [6.07, 6.45) is 17.9. The largest absolute Gasteiger partial charge is 0.492 e. The molecule has 228 valence electrons. The van der Waals surface area contributed by atoms with E-state index in [1.807, 2.05) is 36.0 Å². The van der Waals surface area contributed by atoms with Crippen molar-refractivity contribution in [1.29, 1.82) is 0 Å². The van der Waals surface area contributed by atoms with E-state index >= 15 is 0 Å². The second-order valence-electron chi connectivity index (χ2n) is 10.6. The predicted octanol–water partition coefficient (Wildman–Crippen LogP) is 10.4. The van der Waals surface area contributed by atoms with Gasteiger partial charge in [0.25, 0.3) is 5.91 Å². The zero-order valence-corrected chi connectivity index (χ0v) is 28.1. The molecule has 1 amide bonds. The number of ether oxygens (including phenoxy) is 2. The van der Waals surface area contributed by atoms with Crippen LogP contribution in [0.5, 0.6) is 11.5 Å². The molecule has 1 heterocycles. The van der Waals surface area contributed by atoms with Gasteiger partial charge in [0.2, 0.25) is 0 Å². The SMILES string of the molecule is Br.CCCCCCCCCCCCCCOc1cc(OCC(=O)Nc2ccc(CN3C=C(C)SC3)cc2)ccc1Cl. The maximum atomic E-state index is 12.4. The summed E-state index contributed by atoms with van der Waals surface area (Å²) in [4.78, 5) is 16.1. The highest BCUT2D eigenvalue weighted by Crippen LogP contribution is 2.29. The molecule has 2 aromatic carbocycles. The number of allylic oxidation sites excluding steroid dienone is 1. The number of rotatable bonds is 20. The summed E-state index contributed by atoms with van der Waals surface area (Å²) in [6.45, 7) is 5.80. The van der Waals surface area contributed by atoms with Crippen LogP contribution in [0.2, 0.25) is 5.02 Å². The third-order valence-corrected chi connectivity index (χ3v) is 8.31. The molecular formula is C33H48BrClN2O3S. The molecule has 0 saturated carbocycles. The Balaban J connectivity index is 0.00000588. The summed E-state index contributed by atoms with van der Waals surface area (Å²) in [5, 5.41) is 3.45. The van der Waals surface area contributed by atoms with Crippen molar-refractivity contribution in [3.8, 4) is 11.5 Å². The lowest BCUT2D eigenvalue weighted by Gasteiger charge is -2.15. The van der Waals surface area contributed by atoms with Crippen molar-refractivity contribution < 1.29 is 14.3 Å². The standard InChI is InChI=1S/C33H47ClN2O3S.BrH/c1-3-4-5-6-7-8-9-10-11-12-13-14-21-38-32-22-30(19-20-31(32)34)39-25-33(37)35-29-17-15-28(16-18-29)24-36-23-27(2)40-26-36;/h15-20,22-23H,3-14,21,24-26H2,1-2H3,(H,35,37);1H. The summed E-state index contributed by atoms with van der Waals surface area (Å²) < 4.78 is 11.6. The van der Waals surface area contributed by atoms with Crippen LogP contribution < -0.4 is 14.8 Å². The molecule has 0 aliphatic carbocycles. The molecule has 2 aromatic rings.